The standard InChI is InChI=1S/C27H21ClFN5O/c28-24-15-23(27(35)33-17-21-9-3-4-12-31-21)26(32-13-11-18-6-5-8-20(29)14-18)34-25(24)22-10-2-1-7-19(22)16-30/h1-10,12,14-15H,11,13,17H2,(H,32,34)(H,33,35). The van der Waals surface area contributed by atoms with E-state index < -0.39 is 0 Å². The fraction of sp³-hybridized carbons (Fsp3) is 0.111. The number of benzene rings is 2. The van der Waals surface area contributed by atoms with Crippen LogP contribution in [0.1, 0.15) is 27.2 Å². The maximum atomic E-state index is 13.5. The number of halogens is 2. The summed E-state index contributed by atoms with van der Waals surface area (Å²) in [5.41, 5.74) is 3.14. The monoisotopic (exact) mass is 485 g/mol. The molecule has 2 heterocycles. The van der Waals surface area contributed by atoms with Gasteiger partial charge in [0.25, 0.3) is 5.91 Å². The number of nitrogens with one attached hydrogen (secondary N) is 2. The van der Waals surface area contributed by atoms with Crippen LogP contribution in [0.4, 0.5) is 10.2 Å². The van der Waals surface area contributed by atoms with Crippen LogP contribution in [0.3, 0.4) is 0 Å². The molecular formula is C27H21ClFN5O. The molecule has 0 spiro atoms. The molecule has 0 unspecified atom stereocenters. The summed E-state index contributed by atoms with van der Waals surface area (Å²) in [6.07, 6.45) is 2.17. The van der Waals surface area contributed by atoms with Crippen molar-refractivity contribution in [1.29, 1.82) is 5.26 Å². The van der Waals surface area contributed by atoms with Gasteiger partial charge in [0.05, 0.1) is 40.2 Å². The smallest absolute Gasteiger partial charge is 0.255 e. The van der Waals surface area contributed by atoms with Gasteiger partial charge in [0.1, 0.15) is 11.6 Å². The number of aromatic nitrogens is 2. The van der Waals surface area contributed by atoms with Gasteiger partial charge in [-0.2, -0.15) is 5.26 Å². The summed E-state index contributed by atoms with van der Waals surface area (Å²) in [6, 6.07) is 22.4. The molecule has 0 saturated carbocycles. The number of rotatable bonds is 8. The number of amides is 1. The number of nitriles is 1. The van der Waals surface area contributed by atoms with Crippen LogP contribution in [0.25, 0.3) is 11.3 Å². The molecule has 0 atom stereocenters. The van der Waals surface area contributed by atoms with Crippen molar-refractivity contribution in [3.63, 3.8) is 0 Å². The highest BCUT2D eigenvalue weighted by Gasteiger charge is 2.19. The number of anilines is 1. The minimum atomic E-state index is -0.376. The first kappa shape index (κ1) is 23.9. The minimum Gasteiger partial charge on any atom is -0.369 e. The summed E-state index contributed by atoms with van der Waals surface area (Å²) in [7, 11) is 0. The predicted molar refractivity (Wildman–Crippen MR) is 133 cm³/mol. The van der Waals surface area contributed by atoms with E-state index in [2.05, 4.69) is 26.7 Å². The Morgan fingerprint density at radius 2 is 1.89 bits per heavy atom. The maximum absolute atomic E-state index is 13.5. The third kappa shape index (κ3) is 5.99. The zero-order chi connectivity index (χ0) is 24.6. The van der Waals surface area contributed by atoms with Crippen LogP contribution >= 0.6 is 11.6 Å². The quantitative estimate of drug-likeness (QED) is 0.349. The SMILES string of the molecule is N#Cc1ccccc1-c1nc(NCCc2cccc(F)c2)c(C(=O)NCc2ccccn2)cc1Cl. The summed E-state index contributed by atoms with van der Waals surface area (Å²) >= 11 is 6.54. The van der Waals surface area contributed by atoms with Crippen LogP contribution in [0, 0.1) is 17.1 Å². The van der Waals surface area contributed by atoms with Crippen molar-refractivity contribution in [3.8, 4) is 17.3 Å². The second kappa shape index (κ2) is 11.2. The summed E-state index contributed by atoms with van der Waals surface area (Å²) < 4.78 is 13.5. The van der Waals surface area contributed by atoms with Crippen molar-refractivity contribution < 1.29 is 9.18 Å². The molecule has 0 bridgehead atoms. The molecule has 0 saturated heterocycles. The molecule has 35 heavy (non-hydrogen) atoms. The van der Waals surface area contributed by atoms with Crippen molar-refractivity contribution in [2.24, 2.45) is 0 Å². The van der Waals surface area contributed by atoms with Crippen molar-refractivity contribution in [1.82, 2.24) is 15.3 Å². The largest absolute Gasteiger partial charge is 0.369 e. The Morgan fingerprint density at radius 3 is 2.66 bits per heavy atom. The second-order valence-electron chi connectivity index (χ2n) is 7.68. The Kier molecular flexibility index (Phi) is 7.66. The fourth-order valence-corrected chi connectivity index (χ4v) is 3.81. The number of nitrogens with zero attached hydrogens (tertiary/aromatic N) is 3. The second-order valence-corrected chi connectivity index (χ2v) is 8.09. The molecule has 6 nitrogen and oxygen atoms in total. The van der Waals surface area contributed by atoms with E-state index in [0.717, 1.165) is 5.56 Å². The number of pyridine rings is 2. The number of carbonyl (C=O) groups excluding carboxylic acids is 1. The molecule has 2 aromatic heterocycles. The molecule has 0 aliphatic heterocycles. The normalized spacial score (nSPS) is 10.4. The predicted octanol–water partition coefficient (Wildman–Crippen LogP) is 5.39. The van der Waals surface area contributed by atoms with Gasteiger partial charge in [0.15, 0.2) is 0 Å². The van der Waals surface area contributed by atoms with E-state index in [1.807, 2.05) is 18.2 Å². The van der Waals surface area contributed by atoms with Crippen molar-refractivity contribution in [2.75, 3.05) is 11.9 Å². The summed E-state index contributed by atoms with van der Waals surface area (Å²) in [5, 5.41) is 15.8. The summed E-state index contributed by atoms with van der Waals surface area (Å²) in [4.78, 5) is 21.9. The molecule has 174 valence electrons. The zero-order valence-corrected chi connectivity index (χ0v) is 19.4. The van der Waals surface area contributed by atoms with Crippen LogP contribution in [0.2, 0.25) is 5.02 Å². The zero-order valence-electron chi connectivity index (χ0n) is 18.6. The van der Waals surface area contributed by atoms with E-state index >= 15 is 0 Å². The first-order valence-corrected chi connectivity index (χ1v) is 11.3. The molecule has 0 aliphatic rings. The third-order valence-corrected chi connectivity index (χ3v) is 5.56. The van der Waals surface area contributed by atoms with Gasteiger partial charge in [0.2, 0.25) is 0 Å². The lowest BCUT2D eigenvalue weighted by Gasteiger charge is -2.15. The molecule has 0 fully saturated rings. The lowest BCUT2D eigenvalue weighted by molar-refractivity contribution is 0.0951. The number of hydrogen-bond acceptors (Lipinski definition) is 5. The molecule has 2 aromatic carbocycles. The van der Waals surface area contributed by atoms with Gasteiger partial charge in [-0.1, -0.05) is 48.0 Å². The number of carbonyl (C=O) groups is 1. The van der Waals surface area contributed by atoms with Crippen LogP contribution in [-0.4, -0.2) is 22.4 Å². The topological polar surface area (TPSA) is 90.7 Å². The summed E-state index contributed by atoms with van der Waals surface area (Å²) in [5.74, 6) is -0.373. The molecule has 2 N–H and O–H groups in total. The third-order valence-electron chi connectivity index (χ3n) is 5.27. The highest BCUT2D eigenvalue weighted by Crippen LogP contribution is 2.32. The van der Waals surface area contributed by atoms with Gasteiger partial charge in [-0.15, -0.1) is 0 Å². The maximum Gasteiger partial charge on any atom is 0.255 e. The van der Waals surface area contributed by atoms with Crippen LogP contribution in [0.5, 0.6) is 0 Å². The number of hydrogen-bond donors (Lipinski definition) is 2. The summed E-state index contributed by atoms with van der Waals surface area (Å²) in [6.45, 7) is 0.636. The Morgan fingerprint density at radius 1 is 1.06 bits per heavy atom. The van der Waals surface area contributed by atoms with Crippen LogP contribution < -0.4 is 10.6 Å². The highest BCUT2D eigenvalue weighted by atomic mass is 35.5. The lowest BCUT2D eigenvalue weighted by Crippen LogP contribution is -2.25. The molecule has 4 aromatic rings. The Balaban J connectivity index is 1.63. The van der Waals surface area contributed by atoms with Crippen LogP contribution in [0.15, 0.2) is 79.0 Å². The van der Waals surface area contributed by atoms with Gasteiger partial charge in [-0.3, -0.25) is 9.78 Å². The van der Waals surface area contributed by atoms with E-state index in [4.69, 9.17) is 11.6 Å². The van der Waals surface area contributed by atoms with Gasteiger partial charge >= 0.3 is 0 Å². The van der Waals surface area contributed by atoms with Crippen molar-refractivity contribution in [3.05, 3.63) is 112 Å². The van der Waals surface area contributed by atoms with Crippen molar-refractivity contribution >= 4 is 23.3 Å². The average molecular weight is 486 g/mol. The molecule has 0 radical (unpaired) electrons. The van der Waals surface area contributed by atoms with Gasteiger partial charge in [-0.25, -0.2) is 9.37 Å². The Hall–Kier alpha value is -4.28. The highest BCUT2D eigenvalue weighted by molar-refractivity contribution is 6.33. The van der Waals surface area contributed by atoms with E-state index in [0.29, 0.717) is 41.3 Å². The average Bonchev–Trinajstić information content (AvgIpc) is 2.88. The first-order valence-electron chi connectivity index (χ1n) is 10.9. The van der Waals surface area contributed by atoms with E-state index in [-0.39, 0.29) is 28.9 Å². The molecule has 0 aliphatic carbocycles. The fourth-order valence-electron chi connectivity index (χ4n) is 3.56. The molecule has 8 heteroatoms. The minimum absolute atomic E-state index is 0.235. The Bertz CT molecular complexity index is 1390. The Labute approximate surface area is 207 Å². The molecule has 1 amide bonds. The first-order chi connectivity index (χ1) is 17.0. The van der Waals surface area contributed by atoms with Gasteiger partial charge < -0.3 is 10.6 Å². The molecule has 4 rings (SSSR count). The van der Waals surface area contributed by atoms with E-state index in [9.17, 15) is 14.4 Å². The lowest BCUT2D eigenvalue weighted by atomic mass is 10.0. The molecular weight excluding hydrogens is 465 g/mol. The van der Waals surface area contributed by atoms with Gasteiger partial charge in [-0.05, 0) is 48.4 Å². The van der Waals surface area contributed by atoms with Crippen LogP contribution in [-0.2, 0) is 13.0 Å². The van der Waals surface area contributed by atoms with Gasteiger partial charge in [0, 0.05) is 18.3 Å². The van der Waals surface area contributed by atoms with E-state index in [1.165, 1.54) is 18.2 Å². The van der Waals surface area contributed by atoms with Crippen molar-refractivity contribution in [2.45, 2.75) is 13.0 Å². The van der Waals surface area contributed by atoms with E-state index in [1.54, 1.807) is 42.6 Å².